The molecule has 0 spiro atoms. The largest absolute Gasteiger partial charge is 0.286 e. The van der Waals surface area contributed by atoms with Crippen molar-refractivity contribution in [1.82, 2.24) is 46.8 Å². The maximum atomic E-state index is 14.8. The summed E-state index contributed by atoms with van der Waals surface area (Å²) in [5, 5.41) is 34.2. The van der Waals surface area contributed by atoms with Crippen LogP contribution < -0.4 is 42.5 Å². The molecule has 17 atom stereocenters. The van der Waals surface area contributed by atoms with Gasteiger partial charge in [0.1, 0.15) is 0 Å². The summed E-state index contributed by atoms with van der Waals surface area (Å²) < 4.78 is 31.7. The van der Waals surface area contributed by atoms with E-state index >= 15 is 0 Å². The molecule has 9 fully saturated rings. The molecule has 60 heavy (non-hydrogen) atoms. The van der Waals surface area contributed by atoms with Crippen LogP contribution in [0.1, 0.15) is 187 Å². The Labute approximate surface area is 366 Å². The van der Waals surface area contributed by atoms with Gasteiger partial charge in [-0.3, -0.25) is 42.5 Å². The Bertz CT molecular complexity index is 1450. The highest BCUT2D eigenvalue weighted by atomic mass is 32.2. The Morgan fingerprint density at radius 2 is 0.717 bits per heavy atom. The summed E-state index contributed by atoms with van der Waals surface area (Å²) in [5.41, 5.74) is 0. The lowest BCUT2D eigenvalue weighted by Gasteiger charge is -2.44. The molecule has 0 radical (unpaired) electrons. The summed E-state index contributed by atoms with van der Waals surface area (Å²) in [4.78, 5) is 0. The molecule has 12 heteroatoms. The molecule has 5 saturated heterocycles. The maximum Gasteiger partial charge on any atom is 0.214 e. The van der Waals surface area contributed by atoms with Gasteiger partial charge in [-0.1, -0.05) is 123 Å². The van der Waals surface area contributed by atoms with Gasteiger partial charge in [-0.05, 0) is 106 Å². The van der Waals surface area contributed by atoms with E-state index in [2.05, 4.69) is 60.7 Å². The molecule has 8 bridgehead atoms. The topological polar surface area (TPSA) is 134 Å². The van der Waals surface area contributed by atoms with Crippen molar-refractivity contribution in [3.63, 3.8) is 0 Å². The fourth-order valence-corrected chi connectivity index (χ4v) is 17.0. The van der Waals surface area contributed by atoms with Gasteiger partial charge in [0.2, 0.25) is 10.0 Å². The van der Waals surface area contributed by atoms with Gasteiger partial charge in [0.25, 0.3) is 0 Å². The summed E-state index contributed by atoms with van der Waals surface area (Å²) in [5.74, 6) is 4.68. The third kappa shape index (κ3) is 9.74. The third-order valence-electron chi connectivity index (χ3n) is 18.1. The van der Waals surface area contributed by atoms with Crippen LogP contribution in [-0.4, -0.2) is 80.4 Å². The first kappa shape index (κ1) is 44.8. The van der Waals surface area contributed by atoms with Gasteiger partial charge in [0.15, 0.2) is 0 Å². The van der Waals surface area contributed by atoms with Crippen LogP contribution in [0.15, 0.2) is 0 Å². The van der Waals surface area contributed by atoms with Crippen LogP contribution in [0.3, 0.4) is 0 Å². The fourth-order valence-electron chi connectivity index (χ4n) is 15.1. The van der Waals surface area contributed by atoms with Crippen molar-refractivity contribution in [2.24, 2.45) is 47.3 Å². The smallest absolute Gasteiger partial charge is 0.214 e. The average molecular weight is 856 g/mol. The molecule has 9 rings (SSSR count). The molecule has 4 aliphatic carbocycles. The normalized spacial score (nSPS) is 44.0. The van der Waals surface area contributed by atoms with E-state index in [4.69, 9.17) is 0 Å². The van der Waals surface area contributed by atoms with Crippen LogP contribution in [0.5, 0.6) is 0 Å². The zero-order valence-electron chi connectivity index (χ0n) is 38.0. The van der Waals surface area contributed by atoms with Crippen LogP contribution in [0.4, 0.5) is 0 Å². The van der Waals surface area contributed by atoms with E-state index in [0.717, 1.165) is 51.4 Å². The average Bonchev–Trinajstić information content (AvgIpc) is 4.00. The molecule has 8 N–H and O–H groups in total. The molecule has 4 saturated carbocycles. The number of hydrogen-bond donors (Lipinski definition) is 8. The predicted octanol–water partition coefficient (Wildman–Crippen LogP) is 6.94. The molecular formula is C48H89N9O2S. The van der Waals surface area contributed by atoms with E-state index in [9.17, 15) is 8.42 Å². The minimum atomic E-state index is -3.41. The molecule has 0 aromatic rings. The van der Waals surface area contributed by atoms with Gasteiger partial charge < -0.3 is 0 Å². The third-order valence-corrected chi connectivity index (χ3v) is 20.0. The van der Waals surface area contributed by atoms with Gasteiger partial charge in [-0.15, -0.1) is 0 Å². The standard InChI is InChI=1S/C48H89N9O2S/c1-3-5-7-9-11-19-30-57(60(58,59)31-20-12-10-8-6-4-2)39-29-21-28-38-40(39)48-55-46-37-27-18-17-26-36(37)44(53-46)51-42-33-23-14-13-22-32(33)41(49-42)50-43-34-24-15-16-25-35(34)45(52-43)54-47(38)56-48/h32-56H,3-31H2,1-2H3. The Balaban J connectivity index is 1.01. The van der Waals surface area contributed by atoms with Crippen molar-refractivity contribution in [1.29, 1.82) is 0 Å². The molecular weight excluding hydrogens is 767 g/mol. The Kier molecular flexibility index (Phi) is 15.5. The molecule has 0 aromatic carbocycles. The molecule has 5 heterocycles. The first-order valence-corrected chi connectivity index (χ1v) is 28.1. The quantitative estimate of drug-likeness (QED) is 0.0773. The molecule has 0 aromatic heterocycles. The van der Waals surface area contributed by atoms with E-state index in [1.807, 2.05) is 0 Å². The molecule has 5 aliphatic heterocycles. The van der Waals surface area contributed by atoms with E-state index in [0.29, 0.717) is 72.2 Å². The number of nitrogens with one attached hydrogen (secondary N) is 8. The van der Waals surface area contributed by atoms with Gasteiger partial charge >= 0.3 is 0 Å². The molecule has 0 amide bonds. The SMILES string of the molecule is CCCCCCCCN(C1CCCC2C3NC4NC(NC5NC(NC6NC(NC(N3)C21)C1CCCCC61)C1CCCCC51)C1CCCCC41)S(=O)(=O)CCCCCCCC. The zero-order chi connectivity index (χ0) is 41.1. The lowest BCUT2D eigenvalue weighted by atomic mass is 9.74. The number of unbranched alkanes of at least 4 members (excludes halogenated alkanes) is 10. The zero-order valence-corrected chi connectivity index (χ0v) is 38.8. The van der Waals surface area contributed by atoms with Gasteiger partial charge in [0.05, 0.1) is 55.1 Å². The second-order valence-electron chi connectivity index (χ2n) is 21.7. The van der Waals surface area contributed by atoms with Crippen LogP contribution in [0, 0.1) is 47.3 Å². The van der Waals surface area contributed by atoms with Crippen molar-refractivity contribution < 1.29 is 8.42 Å². The molecule has 11 nitrogen and oxygen atoms in total. The van der Waals surface area contributed by atoms with Crippen LogP contribution in [0.2, 0.25) is 0 Å². The number of rotatable bonds is 16. The van der Waals surface area contributed by atoms with E-state index < -0.39 is 10.0 Å². The minimum Gasteiger partial charge on any atom is -0.286 e. The predicted molar refractivity (Wildman–Crippen MR) is 244 cm³/mol. The van der Waals surface area contributed by atoms with Crippen molar-refractivity contribution in [2.45, 2.75) is 243 Å². The number of hydrogen-bond acceptors (Lipinski definition) is 10. The van der Waals surface area contributed by atoms with Crippen LogP contribution in [-0.2, 0) is 10.0 Å². The minimum absolute atomic E-state index is 0.0254. The Morgan fingerprint density at radius 1 is 0.383 bits per heavy atom. The van der Waals surface area contributed by atoms with Gasteiger partial charge in [-0.2, -0.15) is 4.31 Å². The highest BCUT2D eigenvalue weighted by molar-refractivity contribution is 7.89. The second kappa shape index (κ2) is 20.8. The lowest BCUT2D eigenvalue weighted by Crippen LogP contribution is -2.62. The van der Waals surface area contributed by atoms with Crippen molar-refractivity contribution in [2.75, 3.05) is 12.3 Å². The highest BCUT2D eigenvalue weighted by Crippen LogP contribution is 2.47. The fraction of sp³-hybridized carbons (Fsp3) is 1.00. The lowest BCUT2D eigenvalue weighted by molar-refractivity contribution is 0.0999. The van der Waals surface area contributed by atoms with Gasteiger partial charge in [-0.25, -0.2) is 8.42 Å². The number of fused-ring (bicyclic) bond motifs is 20. The van der Waals surface area contributed by atoms with Crippen LogP contribution in [0.25, 0.3) is 0 Å². The Hall–Kier alpha value is -0.410. The summed E-state index contributed by atoms with van der Waals surface area (Å²) in [7, 11) is -3.41. The van der Waals surface area contributed by atoms with E-state index in [1.54, 1.807) is 0 Å². The first-order chi connectivity index (χ1) is 29.4. The van der Waals surface area contributed by atoms with Crippen molar-refractivity contribution in [3.05, 3.63) is 0 Å². The van der Waals surface area contributed by atoms with Crippen LogP contribution >= 0.6 is 0 Å². The second-order valence-corrected chi connectivity index (χ2v) is 23.7. The van der Waals surface area contributed by atoms with Gasteiger partial charge in [0, 0.05) is 18.5 Å². The summed E-state index contributed by atoms with van der Waals surface area (Å²) in [6, 6.07) is 0.0254. The number of nitrogens with zero attached hydrogens (tertiary/aromatic N) is 1. The summed E-state index contributed by atoms with van der Waals surface area (Å²) in [6.45, 7) is 5.21. The molecule has 9 aliphatic rings. The van der Waals surface area contributed by atoms with Crippen molar-refractivity contribution >= 4 is 10.0 Å². The maximum absolute atomic E-state index is 14.8. The molecule has 344 valence electrons. The summed E-state index contributed by atoms with van der Waals surface area (Å²) in [6.07, 6.45) is 34.7. The number of sulfonamides is 1. The van der Waals surface area contributed by atoms with E-state index in [-0.39, 0.29) is 42.8 Å². The summed E-state index contributed by atoms with van der Waals surface area (Å²) >= 11 is 0. The highest BCUT2D eigenvalue weighted by Gasteiger charge is 2.57. The molecule has 17 unspecified atom stereocenters. The van der Waals surface area contributed by atoms with E-state index in [1.165, 1.54) is 122 Å². The monoisotopic (exact) mass is 856 g/mol. The van der Waals surface area contributed by atoms with Crippen molar-refractivity contribution in [3.8, 4) is 0 Å². The first-order valence-electron chi connectivity index (χ1n) is 26.5. The Morgan fingerprint density at radius 3 is 1.13 bits per heavy atom.